The highest BCUT2D eigenvalue weighted by atomic mass is 19.1. The van der Waals surface area contributed by atoms with E-state index >= 15 is 0 Å². The zero-order valence-corrected chi connectivity index (χ0v) is 20.3. The third-order valence-electron chi connectivity index (χ3n) is 6.64. The van der Waals surface area contributed by atoms with Gasteiger partial charge in [0.15, 0.2) is 0 Å². The Morgan fingerprint density at radius 3 is 2.66 bits per heavy atom. The number of β-amino-alcohol motifs (C(OH)–C–C–N with tert-alkyl or cyclic N) is 1. The lowest BCUT2D eigenvalue weighted by molar-refractivity contribution is -0.136. The molecule has 2 aromatic rings. The molecule has 2 N–H and O–H groups in total. The van der Waals surface area contributed by atoms with Gasteiger partial charge in [0.1, 0.15) is 17.5 Å². The molecule has 1 fully saturated rings. The summed E-state index contributed by atoms with van der Waals surface area (Å²) in [4.78, 5) is 13.1. The second kappa shape index (κ2) is 12.5. The van der Waals surface area contributed by atoms with Gasteiger partial charge in [0.05, 0.1) is 18.8 Å². The summed E-state index contributed by atoms with van der Waals surface area (Å²) >= 11 is 0. The SMILES string of the molecule is CC[C@@H](OC[C@H](O)CN1CCC[C@H]1Cc1ccc(C)c(F)c1)c1cc(F)cc(F)c1CCC(=O)O. The minimum Gasteiger partial charge on any atom is -0.481 e. The Morgan fingerprint density at radius 2 is 1.97 bits per heavy atom. The maximum Gasteiger partial charge on any atom is 0.303 e. The van der Waals surface area contributed by atoms with E-state index in [1.165, 1.54) is 6.07 Å². The number of hydrogen-bond donors (Lipinski definition) is 2. The maximum atomic E-state index is 14.4. The number of carboxylic acid groups (broad SMARTS) is 1. The summed E-state index contributed by atoms with van der Waals surface area (Å²) in [5.74, 6) is -2.84. The van der Waals surface area contributed by atoms with Crippen molar-refractivity contribution in [2.24, 2.45) is 0 Å². The summed E-state index contributed by atoms with van der Waals surface area (Å²) in [6, 6.07) is 7.39. The fourth-order valence-corrected chi connectivity index (χ4v) is 4.79. The first-order valence-electron chi connectivity index (χ1n) is 12.2. The number of halogens is 3. The highest BCUT2D eigenvalue weighted by molar-refractivity contribution is 5.67. The maximum absolute atomic E-state index is 14.4. The number of aliphatic hydroxyl groups excluding tert-OH is 1. The number of aliphatic hydroxyl groups is 1. The van der Waals surface area contributed by atoms with Gasteiger partial charge >= 0.3 is 5.97 Å². The van der Waals surface area contributed by atoms with E-state index in [0.717, 1.165) is 31.0 Å². The number of carboxylic acids is 1. The van der Waals surface area contributed by atoms with E-state index in [0.29, 0.717) is 24.9 Å². The minimum atomic E-state index is -1.07. The molecule has 192 valence electrons. The Bertz CT molecular complexity index is 1020. The number of hydrogen-bond acceptors (Lipinski definition) is 4. The monoisotopic (exact) mass is 493 g/mol. The standard InChI is InChI=1S/C27H34F3NO4/c1-3-26(23-13-19(28)14-25(30)22(23)8-9-27(33)34)35-16-21(32)15-31-10-4-5-20(31)11-18-7-6-17(2)24(29)12-18/h6-7,12-14,20-21,26,32H,3-5,8-11,15-16H2,1-2H3,(H,33,34)/t20-,21+,26+/m0/s1. The highest BCUT2D eigenvalue weighted by Crippen LogP contribution is 2.29. The number of carbonyl (C=O) groups is 1. The van der Waals surface area contributed by atoms with Crippen molar-refractivity contribution in [3.8, 4) is 0 Å². The van der Waals surface area contributed by atoms with Gasteiger partial charge in [0.25, 0.3) is 0 Å². The first kappa shape index (κ1) is 27.2. The quantitative estimate of drug-likeness (QED) is 0.437. The van der Waals surface area contributed by atoms with Crippen molar-refractivity contribution >= 4 is 5.97 Å². The van der Waals surface area contributed by atoms with Crippen LogP contribution in [0.25, 0.3) is 0 Å². The van der Waals surface area contributed by atoms with E-state index in [9.17, 15) is 23.1 Å². The number of aliphatic carboxylic acids is 1. The zero-order valence-electron chi connectivity index (χ0n) is 20.3. The Kier molecular flexibility index (Phi) is 9.71. The van der Waals surface area contributed by atoms with Gasteiger partial charge in [-0.05, 0) is 80.0 Å². The van der Waals surface area contributed by atoms with Crippen molar-refractivity contribution in [3.05, 3.63) is 70.0 Å². The molecule has 0 aliphatic carbocycles. The van der Waals surface area contributed by atoms with Crippen LogP contribution >= 0.6 is 0 Å². The normalized spacial score (nSPS) is 18.1. The number of benzene rings is 2. The lowest BCUT2D eigenvalue weighted by Crippen LogP contribution is -2.39. The Balaban J connectivity index is 1.61. The molecule has 0 spiro atoms. The molecule has 3 rings (SSSR count). The summed E-state index contributed by atoms with van der Waals surface area (Å²) in [6.07, 6.45) is 1.18. The summed E-state index contributed by atoms with van der Waals surface area (Å²) in [7, 11) is 0. The molecule has 8 heteroatoms. The molecule has 0 saturated carbocycles. The number of likely N-dealkylation sites (tertiary alicyclic amines) is 1. The van der Waals surface area contributed by atoms with Crippen LogP contribution in [0.1, 0.15) is 61.0 Å². The number of ether oxygens (including phenoxy) is 1. The van der Waals surface area contributed by atoms with Gasteiger partial charge in [-0.25, -0.2) is 13.2 Å². The van der Waals surface area contributed by atoms with Crippen LogP contribution in [0.2, 0.25) is 0 Å². The van der Waals surface area contributed by atoms with Crippen LogP contribution < -0.4 is 0 Å². The van der Waals surface area contributed by atoms with E-state index in [1.54, 1.807) is 26.0 Å². The Hall–Kier alpha value is -2.42. The fourth-order valence-electron chi connectivity index (χ4n) is 4.79. The van der Waals surface area contributed by atoms with E-state index in [1.807, 2.05) is 6.07 Å². The Morgan fingerprint density at radius 1 is 1.20 bits per heavy atom. The molecule has 0 bridgehead atoms. The van der Waals surface area contributed by atoms with Crippen LogP contribution in [0, 0.1) is 24.4 Å². The van der Waals surface area contributed by atoms with Gasteiger partial charge < -0.3 is 14.9 Å². The molecule has 1 heterocycles. The van der Waals surface area contributed by atoms with Crippen LogP contribution in [0.5, 0.6) is 0 Å². The molecular formula is C27H34F3NO4. The number of aryl methyl sites for hydroxylation is 1. The second-order valence-corrected chi connectivity index (χ2v) is 9.31. The van der Waals surface area contributed by atoms with Crippen LogP contribution in [-0.2, 0) is 22.4 Å². The second-order valence-electron chi connectivity index (χ2n) is 9.31. The van der Waals surface area contributed by atoms with Gasteiger partial charge in [-0.15, -0.1) is 0 Å². The van der Waals surface area contributed by atoms with Crippen molar-refractivity contribution in [2.45, 2.75) is 70.6 Å². The average molecular weight is 494 g/mol. The van der Waals surface area contributed by atoms with Crippen molar-refractivity contribution < 1.29 is 32.9 Å². The molecule has 1 aliphatic rings. The van der Waals surface area contributed by atoms with Gasteiger partial charge in [0.2, 0.25) is 0 Å². The van der Waals surface area contributed by atoms with Crippen molar-refractivity contribution in [1.29, 1.82) is 0 Å². The molecule has 0 unspecified atom stereocenters. The van der Waals surface area contributed by atoms with Crippen LogP contribution in [0.4, 0.5) is 13.2 Å². The largest absolute Gasteiger partial charge is 0.481 e. The summed E-state index contributed by atoms with van der Waals surface area (Å²) in [6.45, 7) is 4.70. The summed E-state index contributed by atoms with van der Waals surface area (Å²) in [5.41, 5.74) is 1.93. The molecule has 1 saturated heterocycles. The zero-order chi connectivity index (χ0) is 25.5. The van der Waals surface area contributed by atoms with Gasteiger partial charge in [-0.2, -0.15) is 0 Å². The molecule has 2 aromatic carbocycles. The third kappa shape index (κ3) is 7.53. The molecule has 35 heavy (non-hydrogen) atoms. The van der Waals surface area contributed by atoms with Crippen molar-refractivity contribution in [2.75, 3.05) is 19.7 Å². The Labute approximate surface area is 204 Å². The third-order valence-corrected chi connectivity index (χ3v) is 6.64. The van der Waals surface area contributed by atoms with Gasteiger partial charge in [-0.1, -0.05) is 19.1 Å². The lowest BCUT2D eigenvalue weighted by Gasteiger charge is -2.28. The summed E-state index contributed by atoms with van der Waals surface area (Å²) in [5, 5.41) is 19.6. The molecular weight excluding hydrogens is 459 g/mol. The van der Waals surface area contributed by atoms with Gasteiger partial charge in [-0.3, -0.25) is 9.69 Å². The average Bonchev–Trinajstić information content (AvgIpc) is 3.22. The number of nitrogens with zero attached hydrogens (tertiary/aromatic N) is 1. The predicted molar refractivity (Wildman–Crippen MR) is 127 cm³/mol. The molecule has 3 atom stereocenters. The number of rotatable bonds is 12. The van der Waals surface area contributed by atoms with E-state index in [2.05, 4.69) is 4.90 Å². The van der Waals surface area contributed by atoms with Crippen molar-refractivity contribution in [3.63, 3.8) is 0 Å². The first-order chi connectivity index (χ1) is 16.7. The van der Waals surface area contributed by atoms with E-state index in [4.69, 9.17) is 9.84 Å². The van der Waals surface area contributed by atoms with E-state index in [-0.39, 0.29) is 42.4 Å². The molecule has 0 aromatic heterocycles. The summed E-state index contributed by atoms with van der Waals surface area (Å²) < 4.78 is 48.2. The molecule has 1 aliphatic heterocycles. The first-order valence-corrected chi connectivity index (χ1v) is 12.2. The molecule has 0 radical (unpaired) electrons. The van der Waals surface area contributed by atoms with Crippen LogP contribution in [0.3, 0.4) is 0 Å². The lowest BCUT2D eigenvalue weighted by atomic mass is 9.96. The van der Waals surface area contributed by atoms with Crippen LogP contribution in [-0.4, -0.2) is 52.9 Å². The van der Waals surface area contributed by atoms with Crippen LogP contribution in [0.15, 0.2) is 30.3 Å². The fraction of sp³-hybridized carbons (Fsp3) is 0.519. The molecule has 0 amide bonds. The van der Waals surface area contributed by atoms with E-state index < -0.39 is 29.8 Å². The minimum absolute atomic E-state index is 0.0304. The van der Waals surface area contributed by atoms with Crippen molar-refractivity contribution in [1.82, 2.24) is 4.90 Å². The predicted octanol–water partition coefficient (Wildman–Crippen LogP) is 4.97. The molecule has 5 nitrogen and oxygen atoms in total. The smallest absolute Gasteiger partial charge is 0.303 e. The topological polar surface area (TPSA) is 70.0 Å². The van der Waals surface area contributed by atoms with Gasteiger partial charge in [0, 0.05) is 25.1 Å². The highest BCUT2D eigenvalue weighted by Gasteiger charge is 2.27.